The second kappa shape index (κ2) is 9.37. The lowest BCUT2D eigenvalue weighted by Gasteiger charge is -2.28. The Hall–Kier alpha value is -3.15. The zero-order valence-corrected chi connectivity index (χ0v) is 16.4. The first kappa shape index (κ1) is 19.2. The summed E-state index contributed by atoms with van der Waals surface area (Å²) in [5, 5.41) is 6.56. The van der Waals surface area contributed by atoms with Gasteiger partial charge in [-0.05, 0) is 73.7 Å². The Kier molecular flexibility index (Phi) is 6.19. The Morgan fingerprint density at radius 2 is 1.66 bits per heavy atom. The van der Waals surface area contributed by atoms with Crippen molar-refractivity contribution in [1.82, 2.24) is 9.97 Å². The Bertz CT molecular complexity index is 905. The quantitative estimate of drug-likeness (QED) is 0.593. The van der Waals surface area contributed by atoms with Crippen molar-refractivity contribution in [3.05, 3.63) is 72.2 Å². The van der Waals surface area contributed by atoms with E-state index in [4.69, 9.17) is 0 Å². The van der Waals surface area contributed by atoms with E-state index in [1.165, 1.54) is 37.1 Å². The first-order chi connectivity index (χ1) is 14.3. The summed E-state index contributed by atoms with van der Waals surface area (Å²) in [6.07, 6.45) is 6.41. The van der Waals surface area contributed by atoms with Gasteiger partial charge in [0.05, 0.1) is 0 Å². The van der Waals surface area contributed by atoms with Gasteiger partial charge in [-0.25, -0.2) is 9.37 Å². The van der Waals surface area contributed by atoms with E-state index in [9.17, 15) is 4.39 Å². The van der Waals surface area contributed by atoms with Crippen LogP contribution in [0.1, 0.15) is 24.8 Å². The van der Waals surface area contributed by atoms with Gasteiger partial charge in [-0.1, -0.05) is 12.1 Å². The lowest BCUT2D eigenvalue weighted by atomic mass is 10.1. The molecule has 1 aromatic heterocycles. The monoisotopic (exact) mass is 391 g/mol. The molecule has 2 heterocycles. The summed E-state index contributed by atoms with van der Waals surface area (Å²) < 4.78 is 13.0. The summed E-state index contributed by atoms with van der Waals surface area (Å²) in [6.45, 7) is 3.00. The normalized spacial score (nSPS) is 13.9. The molecule has 150 valence electrons. The number of aromatic nitrogens is 2. The summed E-state index contributed by atoms with van der Waals surface area (Å²) >= 11 is 0. The highest BCUT2D eigenvalue weighted by Gasteiger charge is 2.10. The number of hydrogen-bond acceptors (Lipinski definition) is 5. The smallest absolute Gasteiger partial charge is 0.229 e. The summed E-state index contributed by atoms with van der Waals surface area (Å²) in [5.41, 5.74) is 3.32. The van der Waals surface area contributed by atoms with Crippen molar-refractivity contribution >= 4 is 23.1 Å². The minimum absolute atomic E-state index is 0.211. The molecule has 0 saturated carbocycles. The van der Waals surface area contributed by atoms with Crippen molar-refractivity contribution in [2.45, 2.75) is 25.7 Å². The highest BCUT2D eigenvalue weighted by atomic mass is 19.1. The zero-order valence-electron chi connectivity index (χ0n) is 16.4. The zero-order chi connectivity index (χ0) is 19.9. The summed E-state index contributed by atoms with van der Waals surface area (Å²) in [4.78, 5) is 11.3. The van der Waals surface area contributed by atoms with Gasteiger partial charge in [-0.15, -0.1) is 0 Å². The van der Waals surface area contributed by atoms with Gasteiger partial charge in [0.2, 0.25) is 5.95 Å². The minimum atomic E-state index is -0.211. The molecule has 1 aliphatic rings. The maximum absolute atomic E-state index is 13.0. The highest BCUT2D eigenvalue weighted by molar-refractivity contribution is 5.60. The number of halogens is 1. The van der Waals surface area contributed by atoms with Gasteiger partial charge >= 0.3 is 0 Å². The molecule has 0 spiro atoms. The number of rotatable bonds is 7. The Morgan fingerprint density at radius 3 is 2.41 bits per heavy atom. The third-order valence-corrected chi connectivity index (χ3v) is 5.13. The molecule has 2 aromatic carbocycles. The molecule has 1 aliphatic heterocycles. The lowest BCUT2D eigenvalue weighted by Crippen LogP contribution is -2.29. The molecular formula is C23H26FN5. The SMILES string of the molecule is Fc1ccc(CCNc2ccnc(Nc3ccc(N4CCCCC4)cc3)n2)cc1. The number of hydrogen-bond donors (Lipinski definition) is 2. The lowest BCUT2D eigenvalue weighted by molar-refractivity contribution is 0.578. The number of nitrogens with zero attached hydrogens (tertiary/aromatic N) is 3. The van der Waals surface area contributed by atoms with Crippen molar-refractivity contribution in [2.24, 2.45) is 0 Å². The van der Waals surface area contributed by atoms with Crippen LogP contribution >= 0.6 is 0 Å². The average Bonchev–Trinajstić information content (AvgIpc) is 2.77. The van der Waals surface area contributed by atoms with Crippen molar-refractivity contribution in [3.8, 4) is 0 Å². The molecule has 0 atom stereocenters. The van der Waals surface area contributed by atoms with Crippen LogP contribution in [-0.4, -0.2) is 29.6 Å². The van der Waals surface area contributed by atoms with Crippen LogP contribution < -0.4 is 15.5 Å². The van der Waals surface area contributed by atoms with Gasteiger partial charge < -0.3 is 15.5 Å². The van der Waals surface area contributed by atoms with Crippen molar-refractivity contribution in [3.63, 3.8) is 0 Å². The van der Waals surface area contributed by atoms with E-state index in [2.05, 4.69) is 49.8 Å². The molecule has 4 rings (SSSR count). The summed E-state index contributed by atoms with van der Waals surface area (Å²) in [7, 11) is 0. The average molecular weight is 391 g/mol. The maximum atomic E-state index is 13.0. The van der Waals surface area contributed by atoms with Crippen molar-refractivity contribution < 1.29 is 4.39 Å². The van der Waals surface area contributed by atoms with Crippen LogP contribution in [0.3, 0.4) is 0 Å². The van der Waals surface area contributed by atoms with Gasteiger partial charge in [0, 0.05) is 37.2 Å². The molecule has 3 aromatic rings. The first-order valence-corrected chi connectivity index (χ1v) is 10.2. The second-order valence-corrected chi connectivity index (χ2v) is 7.29. The minimum Gasteiger partial charge on any atom is -0.372 e. The standard InChI is InChI=1S/C23H26FN5/c24-19-6-4-18(5-7-19)12-14-25-22-13-15-26-23(28-22)27-20-8-10-21(11-9-20)29-16-2-1-3-17-29/h4-11,13,15H,1-3,12,14,16-17H2,(H2,25,26,27,28). The predicted octanol–water partition coefficient (Wildman–Crippen LogP) is 5.00. The maximum Gasteiger partial charge on any atom is 0.229 e. The molecule has 0 amide bonds. The van der Waals surface area contributed by atoms with Gasteiger partial charge in [0.15, 0.2) is 0 Å². The Balaban J connectivity index is 1.31. The Labute approximate surface area is 171 Å². The molecule has 2 N–H and O–H groups in total. The van der Waals surface area contributed by atoms with Crippen molar-refractivity contribution in [1.29, 1.82) is 0 Å². The topological polar surface area (TPSA) is 53.1 Å². The number of piperidine rings is 1. The first-order valence-electron chi connectivity index (χ1n) is 10.2. The molecular weight excluding hydrogens is 365 g/mol. The predicted molar refractivity (Wildman–Crippen MR) is 116 cm³/mol. The molecule has 1 fully saturated rings. The largest absolute Gasteiger partial charge is 0.372 e. The molecule has 0 radical (unpaired) electrons. The molecule has 5 nitrogen and oxygen atoms in total. The Morgan fingerprint density at radius 1 is 0.897 bits per heavy atom. The second-order valence-electron chi connectivity index (χ2n) is 7.29. The van der Waals surface area contributed by atoms with Crippen LogP contribution in [0.4, 0.5) is 27.5 Å². The van der Waals surface area contributed by atoms with Crippen LogP contribution in [0.2, 0.25) is 0 Å². The van der Waals surface area contributed by atoms with Gasteiger partial charge in [-0.2, -0.15) is 4.98 Å². The van der Waals surface area contributed by atoms with Crippen LogP contribution in [0.5, 0.6) is 0 Å². The van der Waals surface area contributed by atoms with Crippen LogP contribution in [0.15, 0.2) is 60.8 Å². The van der Waals surface area contributed by atoms with E-state index in [-0.39, 0.29) is 5.82 Å². The molecule has 1 saturated heterocycles. The fourth-order valence-corrected chi connectivity index (χ4v) is 3.54. The van der Waals surface area contributed by atoms with E-state index in [1.54, 1.807) is 18.3 Å². The van der Waals surface area contributed by atoms with Gasteiger partial charge in [0.25, 0.3) is 0 Å². The molecule has 29 heavy (non-hydrogen) atoms. The summed E-state index contributed by atoms with van der Waals surface area (Å²) in [6, 6.07) is 16.9. The number of nitrogens with one attached hydrogen (secondary N) is 2. The van der Waals surface area contributed by atoms with Gasteiger partial charge in [-0.3, -0.25) is 0 Å². The van der Waals surface area contributed by atoms with E-state index >= 15 is 0 Å². The fourth-order valence-electron chi connectivity index (χ4n) is 3.54. The number of anilines is 4. The molecule has 6 heteroatoms. The molecule has 0 unspecified atom stereocenters. The fraction of sp³-hybridized carbons (Fsp3) is 0.304. The van der Waals surface area contributed by atoms with E-state index in [0.29, 0.717) is 12.5 Å². The third-order valence-electron chi connectivity index (χ3n) is 5.13. The van der Waals surface area contributed by atoms with Gasteiger partial charge in [0.1, 0.15) is 11.6 Å². The summed E-state index contributed by atoms with van der Waals surface area (Å²) in [5.74, 6) is 1.11. The van der Waals surface area contributed by atoms with Crippen LogP contribution in [0.25, 0.3) is 0 Å². The number of benzene rings is 2. The van der Waals surface area contributed by atoms with Crippen molar-refractivity contribution in [2.75, 3.05) is 35.2 Å². The third kappa shape index (κ3) is 5.44. The van der Waals surface area contributed by atoms with Crippen LogP contribution in [0, 0.1) is 5.82 Å². The van der Waals surface area contributed by atoms with E-state index in [1.807, 2.05) is 6.07 Å². The molecule has 0 aliphatic carbocycles. The van der Waals surface area contributed by atoms with E-state index in [0.717, 1.165) is 36.6 Å². The van der Waals surface area contributed by atoms with Crippen LogP contribution in [-0.2, 0) is 6.42 Å². The highest BCUT2D eigenvalue weighted by Crippen LogP contribution is 2.23. The van der Waals surface area contributed by atoms with E-state index < -0.39 is 0 Å². The molecule has 0 bridgehead atoms.